The SMILES string of the molecule is Cc1nc(CNCC2CCOCC2)c(C)s1. The van der Waals surface area contributed by atoms with E-state index in [9.17, 15) is 0 Å². The smallest absolute Gasteiger partial charge is 0.0900 e. The molecule has 3 nitrogen and oxygen atoms in total. The fraction of sp³-hybridized carbons (Fsp3) is 0.750. The lowest BCUT2D eigenvalue weighted by Crippen LogP contribution is -2.27. The summed E-state index contributed by atoms with van der Waals surface area (Å²) >= 11 is 1.78. The molecule has 1 aromatic heterocycles. The Morgan fingerprint density at radius 3 is 2.75 bits per heavy atom. The predicted octanol–water partition coefficient (Wildman–Crippen LogP) is 2.28. The number of rotatable bonds is 4. The van der Waals surface area contributed by atoms with E-state index in [4.69, 9.17) is 4.74 Å². The monoisotopic (exact) mass is 240 g/mol. The number of aromatic nitrogens is 1. The molecule has 16 heavy (non-hydrogen) atoms. The fourth-order valence-electron chi connectivity index (χ4n) is 2.08. The Morgan fingerprint density at radius 1 is 1.38 bits per heavy atom. The summed E-state index contributed by atoms with van der Waals surface area (Å²) in [6, 6.07) is 0. The maximum atomic E-state index is 5.35. The third kappa shape index (κ3) is 3.27. The maximum absolute atomic E-state index is 5.35. The number of ether oxygens (including phenoxy) is 1. The highest BCUT2D eigenvalue weighted by molar-refractivity contribution is 7.11. The van der Waals surface area contributed by atoms with E-state index in [1.165, 1.54) is 28.4 Å². The highest BCUT2D eigenvalue weighted by atomic mass is 32.1. The molecule has 0 amide bonds. The van der Waals surface area contributed by atoms with E-state index in [-0.39, 0.29) is 0 Å². The van der Waals surface area contributed by atoms with E-state index in [2.05, 4.69) is 24.1 Å². The van der Waals surface area contributed by atoms with Crippen molar-refractivity contribution in [2.45, 2.75) is 33.2 Å². The van der Waals surface area contributed by atoms with E-state index in [1.807, 2.05) is 0 Å². The van der Waals surface area contributed by atoms with E-state index < -0.39 is 0 Å². The summed E-state index contributed by atoms with van der Waals surface area (Å²) in [6.07, 6.45) is 2.39. The molecule has 0 aromatic carbocycles. The summed E-state index contributed by atoms with van der Waals surface area (Å²) in [7, 11) is 0. The number of nitrogens with one attached hydrogen (secondary N) is 1. The standard InChI is InChI=1S/C12H20N2OS/c1-9-12(14-10(2)16-9)8-13-7-11-3-5-15-6-4-11/h11,13H,3-8H2,1-2H3. The van der Waals surface area contributed by atoms with Crippen LogP contribution in [-0.2, 0) is 11.3 Å². The number of thiazole rings is 1. The first-order valence-corrected chi connectivity index (χ1v) is 6.78. The van der Waals surface area contributed by atoms with Gasteiger partial charge in [-0.3, -0.25) is 0 Å². The summed E-state index contributed by atoms with van der Waals surface area (Å²) in [5, 5.41) is 4.68. The zero-order valence-corrected chi connectivity index (χ0v) is 10.9. The highest BCUT2D eigenvalue weighted by Gasteiger charge is 2.13. The molecule has 0 unspecified atom stereocenters. The molecule has 0 bridgehead atoms. The largest absolute Gasteiger partial charge is 0.381 e. The molecule has 1 fully saturated rings. The Balaban J connectivity index is 1.73. The van der Waals surface area contributed by atoms with Crippen molar-refractivity contribution in [1.82, 2.24) is 10.3 Å². The van der Waals surface area contributed by atoms with Gasteiger partial charge >= 0.3 is 0 Å². The zero-order valence-electron chi connectivity index (χ0n) is 10.1. The quantitative estimate of drug-likeness (QED) is 0.876. The van der Waals surface area contributed by atoms with Crippen LogP contribution in [0, 0.1) is 19.8 Å². The van der Waals surface area contributed by atoms with Crippen molar-refractivity contribution >= 4 is 11.3 Å². The lowest BCUT2D eigenvalue weighted by Gasteiger charge is -2.22. The molecule has 0 atom stereocenters. The van der Waals surface area contributed by atoms with Gasteiger partial charge in [0.15, 0.2) is 0 Å². The third-order valence-electron chi connectivity index (χ3n) is 3.07. The van der Waals surface area contributed by atoms with Crippen LogP contribution >= 0.6 is 11.3 Å². The fourth-order valence-corrected chi connectivity index (χ4v) is 2.92. The van der Waals surface area contributed by atoms with Gasteiger partial charge in [0.2, 0.25) is 0 Å². The van der Waals surface area contributed by atoms with Crippen LogP contribution in [0.3, 0.4) is 0 Å². The Labute approximate surface area is 101 Å². The molecule has 1 N–H and O–H groups in total. The first-order chi connectivity index (χ1) is 7.75. The molecule has 1 aliphatic heterocycles. The van der Waals surface area contributed by atoms with Crippen molar-refractivity contribution < 1.29 is 4.74 Å². The van der Waals surface area contributed by atoms with Crippen LogP contribution in [0.2, 0.25) is 0 Å². The molecule has 0 saturated carbocycles. The molecule has 90 valence electrons. The molecule has 0 aliphatic carbocycles. The maximum Gasteiger partial charge on any atom is 0.0900 e. The van der Waals surface area contributed by atoms with Crippen LogP contribution < -0.4 is 5.32 Å². The Morgan fingerprint density at radius 2 is 2.12 bits per heavy atom. The van der Waals surface area contributed by atoms with Crippen molar-refractivity contribution in [1.29, 1.82) is 0 Å². The Bertz CT molecular complexity index is 332. The van der Waals surface area contributed by atoms with Crippen molar-refractivity contribution in [3.63, 3.8) is 0 Å². The van der Waals surface area contributed by atoms with Gasteiger partial charge in [-0.1, -0.05) is 0 Å². The van der Waals surface area contributed by atoms with Gasteiger partial charge in [0.1, 0.15) is 0 Å². The Kier molecular flexibility index (Phi) is 4.32. The average Bonchev–Trinajstić information content (AvgIpc) is 2.59. The molecular weight excluding hydrogens is 220 g/mol. The van der Waals surface area contributed by atoms with Crippen LogP contribution in [-0.4, -0.2) is 24.7 Å². The topological polar surface area (TPSA) is 34.2 Å². The van der Waals surface area contributed by atoms with E-state index in [0.29, 0.717) is 0 Å². The van der Waals surface area contributed by atoms with Gasteiger partial charge in [-0.25, -0.2) is 4.98 Å². The minimum absolute atomic E-state index is 0.786. The van der Waals surface area contributed by atoms with Gasteiger partial charge in [0.25, 0.3) is 0 Å². The van der Waals surface area contributed by atoms with Crippen molar-refractivity contribution in [2.24, 2.45) is 5.92 Å². The lowest BCUT2D eigenvalue weighted by atomic mass is 10.0. The van der Waals surface area contributed by atoms with Gasteiger partial charge in [-0.2, -0.15) is 0 Å². The van der Waals surface area contributed by atoms with Crippen LogP contribution in [0.25, 0.3) is 0 Å². The first kappa shape index (κ1) is 12.0. The second-order valence-electron chi connectivity index (χ2n) is 4.42. The highest BCUT2D eigenvalue weighted by Crippen LogP contribution is 2.17. The molecule has 0 spiro atoms. The molecule has 1 aromatic rings. The minimum Gasteiger partial charge on any atom is -0.381 e. The van der Waals surface area contributed by atoms with Gasteiger partial charge < -0.3 is 10.1 Å². The summed E-state index contributed by atoms with van der Waals surface area (Å²) in [6.45, 7) is 8.09. The number of aryl methyl sites for hydroxylation is 2. The van der Waals surface area contributed by atoms with Gasteiger partial charge in [0, 0.05) is 24.6 Å². The van der Waals surface area contributed by atoms with Crippen LogP contribution in [0.4, 0.5) is 0 Å². The normalized spacial score (nSPS) is 17.9. The van der Waals surface area contributed by atoms with E-state index in [0.717, 1.165) is 32.2 Å². The molecule has 1 saturated heterocycles. The van der Waals surface area contributed by atoms with Crippen molar-refractivity contribution in [3.05, 3.63) is 15.6 Å². The van der Waals surface area contributed by atoms with Gasteiger partial charge in [-0.05, 0) is 39.2 Å². The van der Waals surface area contributed by atoms with E-state index >= 15 is 0 Å². The summed E-state index contributed by atoms with van der Waals surface area (Å²) < 4.78 is 5.35. The summed E-state index contributed by atoms with van der Waals surface area (Å²) in [5.74, 6) is 0.786. The molecule has 0 radical (unpaired) electrons. The lowest BCUT2D eigenvalue weighted by molar-refractivity contribution is 0.0662. The summed E-state index contributed by atoms with van der Waals surface area (Å²) in [4.78, 5) is 5.87. The van der Waals surface area contributed by atoms with Gasteiger partial charge in [0.05, 0.1) is 10.7 Å². The molecular formula is C12H20N2OS. The van der Waals surface area contributed by atoms with Gasteiger partial charge in [-0.15, -0.1) is 11.3 Å². The zero-order chi connectivity index (χ0) is 11.4. The molecule has 2 heterocycles. The predicted molar refractivity (Wildman–Crippen MR) is 66.8 cm³/mol. The van der Waals surface area contributed by atoms with Crippen molar-refractivity contribution in [3.8, 4) is 0 Å². The average molecular weight is 240 g/mol. The Hall–Kier alpha value is -0.450. The molecule has 1 aliphatic rings. The minimum atomic E-state index is 0.786. The number of nitrogens with zero attached hydrogens (tertiary/aromatic N) is 1. The number of hydrogen-bond acceptors (Lipinski definition) is 4. The van der Waals surface area contributed by atoms with E-state index in [1.54, 1.807) is 11.3 Å². The molecule has 2 rings (SSSR count). The van der Waals surface area contributed by atoms with Crippen LogP contribution in [0.15, 0.2) is 0 Å². The molecule has 4 heteroatoms. The summed E-state index contributed by atoms with van der Waals surface area (Å²) in [5.41, 5.74) is 1.22. The van der Waals surface area contributed by atoms with Crippen LogP contribution in [0.5, 0.6) is 0 Å². The second kappa shape index (κ2) is 5.75. The third-order valence-corrected chi connectivity index (χ3v) is 3.99. The number of hydrogen-bond donors (Lipinski definition) is 1. The van der Waals surface area contributed by atoms with Crippen molar-refractivity contribution in [2.75, 3.05) is 19.8 Å². The second-order valence-corrected chi connectivity index (χ2v) is 5.83. The van der Waals surface area contributed by atoms with Crippen LogP contribution in [0.1, 0.15) is 28.4 Å². The first-order valence-electron chi connectivity index (χ1n) is 5.97.